The minimum atomic E-state index is 0.351. The predicted molar refractivity (Wildman–Crippen MR) is 84.0 cm³/mol. The molecule has 0 saturated heterocycles. The van der Waals surface area contributed by atoms with E-state index in [1.807, 2.05) is 0 Å². The van der Waals surface area contributed by atoms with Crippen molar-refractivity contribution < 1.29 is 4.52 Å². The fourth-order valence-corrected chi connectivity index (χ4v) is 2.50. The van der Waals surface area contributed by atoms with Crippen LogP contribution in [0.4, 0.5) is 0 Å². The van der Waals surface area contributed by atoms with Crippen LogP contribution in [0.1, 0.15) is 109 Å². The molecule has 0 N–H and O–H groups in total. The highest BCUT2D eigenvalue weighted by Gasteiger charge is 2.19. The molecule has 0 aliphatic rings. The summed E-state index contributed by atoms with van der Waals surface area (Å²) in [7, 11) is 0. The summed E-state index contributed by atoms with van der Waals surface area (Å²) in [5.74, 6) is 2.55. The molecule has 116 valence electrons. The second-order valence-corrected chi connectivity index (χ2v) is 6.19. The number of hydrogen-bond acceptors (Lipinski definition) is 3. The van der Waals surface area contributed by atoms with Gasteiger partial charge in [-0.25, -0.2) is 0 Å². The van der Waals surface area contributed by atoms with E-state index in [1.54, 1.807) is 0 Å². The zero-order valence-electron chi connectivity index (χ0n) is 13.8. The minimum Gasteiger partial charge on any atom is -0.339 e. The third-order valence-electron chi connectivity index (χ3n) is 3.89. The van der Waals surface area contributed by atoms with Crippen LogP contribution < -0.4 is 0 Å². The largest absolute Gasteiger partial charge is 0.339 e. The van der Waals surface area contributed by atoms with E-state index in [2.05, 4.69) is 37.8 Å². The standard InChI is InChI=1S/C17H32N2O/c1-5-7-9-11-13-15(12-10-8-6-2)17-18-16(14(3)4)19-20-17/h14-15H,5-13H2,1-4H3/t15-/m0/s1. The fraction of sp³-hybridized carbons (Fsp3) is 0.882. The van der Waals surface area contributed by atoms with Gasteiger partial charge in [0.2, 0.25) is 5.89 Å². The average molecular weight is 280 g/mol. The lowest BCUT2D eigenvalue weighted by atomic mass is 9.94. The molecule has 0 aliphatic carbocycles. The summed E-state index contributed by atoms with van der Waals surface area (Å²) >= 11 is 0. The molecular weight excluding hydrogens is 248 g/mol. The van der Waals surface area contributed by atoms with Gasteiger partial charge in [-0.1, -0.05) is 77.8 Å². The van der Waals surface area contributed by atoms with Crippen LogP contribution in [0.5, 0.6) is 0 Å². The molecule has 0 aliphatic heterocycles. The molecule has 0 saturated carbocycles. The maximum Gasteiger partial charge on any atom is 0.229 e. The molecule has 0 spiro atoms. The quantitative estimate of drug-likeness (QED) is 0.479. The van der Waals surface area contributed by atoms with E-state index in [4.69, 9.17) is 4.52 Å². The highest BCUT2D eigenvalue weighted by atomic mass is 16.5. The zero-order chi connectivity index (χ0) is 14.8. The molecule has 3 heteroatoms. The van der Waals surface area contributed by atoms with E-state index in [1.165, 1.54) is 57.8 Å². The van der Waals surface area contributed by atoms with E-state index < -0.39 is 0 Å². The maximum atomic E-state index is 5.51. The van der Waals surface area contributed by atoms with Gasteiger partial charge in [-0.2, -0.15) is 4.98 Å². The van der Waals surface area contributed by atoms with Crippen LogP contribution in [0.25, 0.3) is 0 Å². The summed E-state index contributed by atoms with van der Waals surface area (Å²) in [6.07, 6.45) is 11.5. The lowest BCUT2D eigenvalue weighted by molar-refractivity contribution is 0.327. The summed E-state index contributed by atoms with van der Waals surface area (Å²) in [6.45, 7) is 8.73. The predicted octanol–water partition coefficient (Wildman–Crippen LogP) is 5.83. The van der Waals surface area contributed by atoms with Crippen molar-refractivity contribution in [2.24, 2.45) is 0 Å². The number of aromatic nitrogens is 2. The topological polar surface area (TPSA) is 38.9 Å². The van der Waals surface area contributed by atoms with Crippen LogP contribution in [0, 0.1) is 0 Å². The second kappa shape index (κ2) is 9.95. The van der Waals surface area contributed by atoms with Gasteiger partial charge in [0.15, 0.2) is 5.82 Å². The average Bonchev–Trinajstić information content (AvgIpc) is 2.91. The SMILES string of the molecule is CCCCCC[C@H](CCCCC)c1nc(C(C)C)no1. The van der Waals surface area contributed by atoms with Crippen molar-refractivity contribution in [3.05, 3.63) is 11.7 Å². The smallest absolute Gasteiger partial charge is 0.229 e. The lowest BCUT2D eigenvalue weighted by Crippen LogP contribution is -2.01. The molecule has 1 aromatic rings. The molecule has 1 rings (SSSR count). The molecular formula is C17H32N2O. The zero-order valence-corrected chi connectivity index (χ0v) is 13.8. The van der Waals surface area contributed by atoms with Crippen molar-refractivity contribution in [3.63, 3.8) is 0 Å². The van der Waals surface area contributed by atoms with Gasteiger partial charge in [0.1, 0.15) is 0 Å². The summed E-state index contributed by atoms with van der Waals surface area (Å²) in [6, 6.07) is 0. The van der Waals surface area contributed by atoms with Crippen molar-refractivity contribution in [2.75, 3.05) is 0 Å². The van der Waals surface area contributed by atoms with Gasteiger partial charge in [0.25, 0.3) is 0 Å². The molecule has 0 aromatic carbocycles. The Morgan fingerprint density at radius 3 is 2.05 bits per heavy atom. The van der Waals surface area contributed by atoms with Crippen molar-refractivity contribution in [1.82, 2.24) is 10.1 Å². The van der Waals surface area contributed by atoms with Crippen LogP contribution in [-0.2, 0) is 0 Å². The molecule has 0 unspecified atom stereocenters. The van der Waals surface area contributed by atoms with Crippen molar-refractivity contribution >= 4 is 0 Å². The van der Waals surface area contributed by atoms with Crippen LogP contribution in [0.15, 0.2) is 4.52 Å². The summed E-state index contributed by atoms with van der Waals surface area (Å²) in [5.41, 5.74) is 0. The molecule has 1 heterocycles. The normalized spacial score (nSPS) is 13.1. The lowest BCUT2D eigenvalue weighted by Gasteiger charge is -2.12. The van der Waals surface area contributed by atoms with E-state index >= 15 is 0 Å². The van der Waals surface area contributed by atoms with Crippen LogP contribution in [-0.4, -0.2) is 10.1 Å². The second-order valence-electron chi connectivity index (χ2n) is 6.19. The van der Waals surface area contributed by atoms with Crippen molar-refractivity contribution in [2.45, 2.75) is 97.3 Å². The summed E-state index contributed by atoms with van der Waals surface area (Å²) in [5, 5.41) is 4.12. The Morgan fingerprint density at radius 1 is 0.900 bits per heavy atom. The van der Waals surface area contributed by atoms with Crippen LogP contribution >= 0.6 is 0 Å². The van der Waals surface area contributed by atoms with Gasteiger partial charge < -0.3 is 4.52 Å². The molecule has 1 atom stereocenters. The highest BCUT2D eigenvalue weighted by molar-refractivity contribution is 4.97. The minimum absolute atomic E-state index is 0.351. The van der Waals surface area contributed by atoms with Crippen molar-refractivity contribution in [3.8, 4) is 0 Å². The van der Waals surface area contributed by atoms with E-state index in [9.17, 15) is 0 Å². The molecule has 3 nitrogen and oxygen atoms in total. The first-order chi connectivity index (χ1) is 9.69. The summed E-state index contributed by atoms with van der Waals surface area (Å²) < 4.78 is 5.51. The van der Waals surface area contributed by atoms with Crippen molar-refractivity contribution in [1.29, 1.82) is 0 Å². The van der Waals surface area contributed by atoms with Gasteiger partial charge in [-0.3, -0.25) is 0 Å². The van der Waals surface area contributed by atoms with E-state index in [0.717, 1.165) is 11.7 Å². The Balaban J connectivity index is 2.54. The Bertz CT molecular complexity index is 347. The summed E-state index contributed by atoms with van der Waals surface area (Å²) in [4.78, 5) is 4.61. The molecule has 0 radical (unpaired) electrons. The first-order valence-electron chi connectivity index (χ1n) is 8.52. The van der Waals surface area contributed by atoms with Gasteiger partial charge in [0, 0.05) is 11.8 Å². The van der Waals surface area contributed by atoms with E-state index in [0.29, 0.717) is 11.8 Å². The Labute approximate surface area is 124 Å². The molecule has 20 heavy (non-hydrogen) atoms. The number of hydrogen-bond donors (Lipinski definition) is 0. The number of nitrogens with zero attached hydrogens (tertiary/aromatic N) is 2. The third kappa shape index (κ3) is 6.06. The first-order valence-corrected chi connectivity index (χ1v) is 8.52. The molecule has 0 bridgehead atoms. The third-order valence-corrected chi connectivity index (χ3v) is 3.89. The van der Waals surface area contributed by atoms with Gasteiger partial charge >= 0.3 is 0 Å². The first kappa shape index (κ1) is 17.2. The van der Waals surface area contributed by atoms with Crippen LogP contribution in [0.3, 0.4) is 0 Å². The highest BCUT2D eigenvalue weighted by Crippen LogP contribution is 2.28. The number of rotatable bonds is 11. The Hall–Kier alpha value is -0.860. The number of unbranched alkanes of at least 4 members (excludes halogenated alkanes) is 5. The Morgan fingerprint density at radius 2 is 1.50 bits per heavy atom. The Kier molecular flexibility index (Phi) is 8.56. The van der Waals surface area contributed by atoms with Gasteiger partial charge in [-0.15, -0.1) is 0 Å². The monoisotopic (exact) mass is 280 g/mol. The van der Waals surface area contributed by atoms with Gasteiger partial charge in [0.05, 0.1) is 0 Å². The molecule has 0 amide bonds. The molecule has 0 fully saturated rings. The van der Waals surface area contributed by atoms with E-state index in [-0.39, 0.29) is 0 Å². The molecule has 1 aromatic heterocycles. The fourth-order valence-electron chi connectivity index (χ4n) is 2.50. The van der Waals surface area contributed by atoms with Crippen LogP contribution in [0.2, 0.25) is 0 Å². The maximum absolute atomic E-state index is 5.51. The van der Waals surface area contributed by atoms with Gasteiger partial charge in [-0.05, 0) is 12.8 Å².